The van der Waals surface area contributed by atoms with E-state index >= 15 is 0 Å². The second-order valence-corrected chi connectivity index (χ2v) is 8.99. The first-order chi connectivity index (χ1) is 14.6. The molecule has 9 heteroatoms. The number of ether oxygens (including phenoxy) is 1. The summed E-state index contributed by atoms with van der Waals surface area (Å²) in [5.41, 5.74) is 6.69. The maximum Gasteiger partial charge on any atom is 0.226 e. The lowest BCUT2D eigenvalue weighted by atomic mass is 10.1. The fourth-order valence-electron chi connectivity index (χ4n) is 4.37. The minimum atomic E-state index is 0.721. The van der Waals surface area contributed by atoms with Gasteiger partial charge in [-0.1, -0.05) is 0 Å². The number of hydrogen-bond donors (Lipinski definition) is 1. The summed E-state index contributed by atoms with van der Waals surface area (Å²) >= 11 is 1.76. The Labute approximate surface area is 180 Å². The number of nitrogens with zero attached hydrogens (tertiary/aromatic N) is 6. The predicted octanol–water partition coefficient (Wildman–Crippen LogP) is 1.95. The van der Waals surface area contributed by atoms with Crippen molar-refractivity contribution in [3.63, 3.8) is 0 Å². The van der Waals surface area contributed by atoms with Crippen LogP contribution >= 0.6 is 11.3 Å². The van der Waals surface area contributed by atoms with Crippen molar-refractivity contribution in [1.82, 2.24) is 30.0 Å². The summed E-state index contributed by atoms with van der Waals surface area (Å²) in [6, 6.07) is 0. The summed E-state index contributed by atoms with van der Waals surface area (Å²) in [7, 11) is 2.00. The molecule has 0 aromatic carbocycles. The molecule has 0 spiro atoms. The molecule has 2 fully saturated rings. The smallest absolute Gasteiger partial charge is 0.226 e. The van der Waals surface area contributed by atoms with E-state index in [-0.39, 0.29) is 0 Å². The number of hydrogen-bond acceptors (Lipinski definition) is 8. The maximum atomic E-state index is 5.55. The molecule has 2 aliphatic heterocycles. The highest BCUT2D eigenvalue weighted by atomic mass is 32.1. The van der Waals surface area contributed by atoms with Crippen LogP contribution in [0.25, 0.3) is 21.5 Å². The molecule has 1 N–H and O–H groups in total. The van der Waals surface area contributed by atoms with Crippen molar-refractivity contribution in [2.75, 3.05) is 57.4 Å². The van der Waals surface area contributed by atoms with Gasteiger partial charge in [-0.2, -0.15) is 5.10 Å². The Morgan fingerprint density at radius 1 is 1.10 bits per heavy atom. The number of morpholine rings is 1. The van der Waals surface area contributed by atoms with E-state index in [0.717, 1.165) is 97.8 Å². The molecule has 0 saturated carbocycles. The molecule has 0 unspecified atom stereocenters. The van der Waals surface area contributed by atoms with E-state index in [0.29, 0.717) is 0 Å². The van der Waals surface area contributed by atoms with Gasteiger partial charge in [-0.15, -0.1) is 11.3 Å². The van der Waals surface area contributed by atoms with Crippen LogP contribution in [0, 0.1) is 13.8 Å². The predicted molar refractivity (Wildman–Crippen MR) is 120 cm³/mol. The van der Waals surface area contributed by atoms with E-state index in [1.807, 2.05) is 11.7 Å². The molecule has 160 valence electrons. The fraction of sp³-hybridized carbons (Fsp3) is 0.571. The summed E-state index contributed by atoms with van der Waals surface area (Å²) in [5.74, 6) is 0.809. The second kappa shape index (κ2) is 8.22. The molecule has 0 radical (unpaired) electrons. The van der Waals surface area contributed by atoms with Gasteiger partial charge in [0.1, 0.15) is 0 Å². The van der Waals surface area contributed by atoms with Gasteiger partial charge in [-0.3, -0.25) is 9.58 Å². The van der Waals surface area contributed by atoms with Gasteiger partial charge in [-0.05, 0) is 19.2 Å². The van der Waals surface area contributed by atoms with Crippen molar-refractivity contribution in [3.05, 3.63) is 22.3 Å². The number of anilines is 1. The lowest BCUT2D eigenvalue weighted by Crippen LogP contribution is -2.42. The van der Waals surface area contributed by atoms with Crippen molar-refractivity contribution >= 4 is 27.5 Å². The van der Waals surface area contributed by atoms with Gasteiger partial charge in [0.15, 0.2) is 0 Å². The molecular weight excluding hydrogens is 398 g/mol. The van der Waals surface area contributed by atoms with Crippen LogP contribution in [0.2, 0.25) is 0 Å². The zero-order chi connectivity index (χ0) is 20.7. The van der Waals surface area contributed by atoms with Gasteiger partial charge in [0.2, 0.25) is 5.95 Å². The first kappa shape index (κ1) is 19.9. The molecule has 30 heavy (non-hydrogen) atoms. The van der Waals surface area contributed by atoms with Crippen LogP contribution in [0.1, 0.15) is 17.0 Å². The molecule has 3 aromatic heterocycles. The summed E-state index contributed by atoms with van der Waals surface area (Å²) in [5, 5.41) is 10.4. The first-order valence-electron chi connectivity index (χ1n) is 10.7. The van der Waals surface area contributed by atoms with E-state index in [1.165, 1.54) is 5.56 Å². The van der Waals surface area contributed by atoms with Crippen LogP contribution in [-0.2, 0) is 18.3 Å². The molecule has 0 bridgehead atoms. The fourth-order valence-corrected chi connectivity index (χ4v) is 5.36. The summed E-state index contributed by atoms with van der Waals surface area (Å²) in [6.07, 6.45) is 0. The van der Waals surface area contributed by atoms with Crippen LogP contribution in [0.5, 0.6) is 0 Å². The molecule has 0 atom stereocenters. The molecule has 0 aliphatic carbocycles. The standard InChI is InChI=1S/C21H29N7OS/c1-14-17(15(2)26(3)25-14)19-20-18(23-21(24-19)28-8-10-29-11-9-28)16(13-30-20)12-27-6-4-22-5-7-27/h13,22H,4-12H2,1-3H3. The number of rotatable bonds is 4. The highest BCUT2D eigenvalue weighted by Crippen LogP contribution is 2.37. The van der Waals surface area contributed by atoms with Crippen LogP contribution in [-0.4, -0.2) is 77.1 Å². The average Bonchev–Trinajstić information content (AvgIpc) is 3.28. The molecule has 2 aliphatic rings. The van der Waals surface area contributed by atoms with Crippen LogP contribution in [0.3, 0.4) is 0 Å². The zero-order valence-electron chi connectivity index (χ0n) is 17.9. The average molecular weight is 428 g/mol. The van der Waals surface area contributed by atoms with Gasteiger partial charge in [-0.25, -0.2) is 9.97 Å². The molecule has 8 nitrogen and oxygen atoms in total. The van der Waals surface area contributed by atoms with Crippen LogP contribution in [0.4, 0.5) is 5.95 Å². The van der Waals surface area contributed by atoms with Crippen molar-refractivity contribution in [2.24, 2.45) is 7.05 Å². The SMILES string of the molecule is Cc1nn(C)c(C)c1-c1nc(N2CCOCC2)nc2c(CN3CCNCC3)csc12. The van der Waals surface area contributed by atoms with Crippen LogP contribution < -0.4 is 10.2 Å². The summed E-state index contributed by atoms with van der Waals surface area (Å²) in [6.45, 7) is 12.5. The second-order valence-electron chi connectivity index (χ2n) is 8.11. The van der Waals surface area contributed by atoms with Gasteiger partial charge in [0.05, 0.1) is 34.8 Å². The summed E-state index contributed by atoms with van der Waals surface area (Å²) < 4.78 is 8.66. The first-order valence-corrected chi connectivity index (χ1v) is 11.5. The highest BCUT2D eigenvalue weighted by molar-refractivity contribution is 7.17. The number of thiophene rings is 1. The van der Waals surface area contributed by atoms with E-state index in [9.17, 15) is 0 Å². The number of piperazine rings is 1. The Bertz CT molecular complexity index is 1050. The number of nitrogens with one attached hydrogen (secondary N) is 1. The normalized spacial score (nSPS) is 18.4. The Morgan fingerprint density at radius 3 is 2.57 bits per heavy atom. The molecular formula is C21H29N7OS. The van der Waals surface area contributed by atoms with Crippen LogP contribution in [0.15, 0.2) is 5.38 Å². The van der Waals surface area contributed by atoms with Crippen molar-refractivity contribution in [1.29, 1.82) is 0 Å². The third-order valence-electron chi connectivity index (χ3n) is 6.12. The van der Waals surface area contributed by atoms with E-state index in [4.69, 9.17) is 14.7 Å². The monoisotopic (exact) mass is 427 g/mol. The Balaban J connectivity index is 1.64. The number of fused-ring (bicyclic) bond motifs is 1. The molecule has 2 saturated heterocycles. The minimum absolute atomic E-state index is 0.721. The third-order valence-corrected chi connectivity index (χ3v) is 7.15. The highest BCUT2D eigenvalue weighted by Gasteiger charge is 2.24. The Kier molecular flexibility index (Phi) is 5.44. The largest absolute Gasteiger partial charge is 0.378 e. The van der Waals surface area contributed by atoms with E-state index < -0.39 is 0 Å². The van der Waals surface area contributed by atoms with Crippen molar-refractivity contribution in [3.8, 4) is 11.3 Å². The zero-order valence-corrected chi connectivity index (χ0v) is 18.8. The number of aryl methyl sites for hydroxylation is 2. The topological polar surface area (TPSA) is 71.3 Å². The van der Waals surface area contributed by atoms with Gasteiger partial charge in [0, 0.05) is 69.7 Å². The van der Waals surface area contributed by atoms with E-state index in [2.05, 4.69) is 39.4 Å². The Hall–Kier alpha value is -2.07. The van der Waals surface area contributed by atoms with Gasteiger partial charge < -0.3 is 15.0 Å². The third kappa shape index (κ3) is 3.60. The molecule has 0 amide bonds. The number of aromatic nitrogens is 4. The lowest BCUT2D eigenvalue weighted by Gasteiger charge is -2.28. The van der Waals surface area contributed by atoms with Gasteiger partial charge >= 0.3 is 0 Å². The lowest BCUT2D eigenvalue weighted by molar-refractivity contribution is 0.122. The summed E-state index contributed by atoms with van der Waals surface area (Å²) in [4.78, 5) is 14.9. The maximum absolute atomic E-state index is 5.55. The van der Waals surface area contributed by atoms with Crippen molar-refractivity contribution in [2.45, 2.75) is 20.4 Å². The molecule has 5 rings (SSSR count). The molecule has 3 aromatic rings. The minimum Gasteiger partial charge on any atom is -0.378 e. The Morgan fingerprint density at radius 2 is 1.87 bits per heavy atom. The van der Waals surface area contributed by atoms with Gasteiger partial charge in [0.25, 0.3) is 0 Å². The quantitative estimate of drug-likeness (QED) is 0.682. The molecule has 5 heterocycles. The van der Waals surface area contributed by atoms with E-state index in [1.54, 1.807) is 11.3 Å². The van der Waals surface area contributed by atoms with Crippen molar-refractivity contribution < 1.29 is 4.74 Å².